The Balaban J connectivity index is 1.51. The van der Waals surface area contributed by atoms with Crippen molar-refractivity contribution in [3.63, 3.8) is 0 Å². The highest BCUT2D eigenvalue weighted by atomic mass is 32.2. The number of nitrogens with one attached hydrogen (secondary N) is 2. The lowest BCUT2D eigenvalue weighted by Gasteiger charge is -2.28. The SMILES string of the molecule is COc1cccc([C@H]2C(C(=O)Nc3cccnc3)=C(C)Nc3nc(SCc4ccccc4)nn32)c1. The van der Waals surface area contributed by atoms with Crippen LogP contribution in [0.15, 0.2) is 95.6 Å². The third-order valence-corrected chi connectivity index (χ3v) is 6.53. The quantitative estimate of drug-likeness (QED) is 0.360. The zero-order valence-electron chi connectivity index (χ0n) is 19.3. The van der Waals surface area contributed by atoms with Gasteiger partial charge in [0.05, 0.1) is 24.6 Å². The second-order valence-corrected chi connectivity index (χ2v) is 8.92. The van der Waals surface area contributed by atoms with Gasteiger partial charge in [0, 0.05) is 17.6 Å². The Bertz CT molecular complexity index is 1370. The number of methoxy groups -OCH3 is 1. The normalized spacial score (nSPS) is 14.7. The molecule has 0 unspecified atom stereocenters. The van der Waals surface area contributed by atoms with Crippen molar-refractivity contribution in [3.8, 4) is 5.75 Å². The fourth-order valence-corrected chi connectivity index (χ4v) is 4.75. The number of carbonyl (C=O) groups excluding carboxylic acids is 1. The number of aromatic nitrogens is 4. The predicted molar refractivity (Wildman–Crippen MR) is 136 cm³/mol. The first-order valence-corrected chi connectivity index (χ1v) is 12.1. The summed E-state index contributed by atoms with van der Waals surface area (Å²) in [5.74, 6) is 1.79. The van der Waals surface area contributed by atoms with Gasteiger partial charge in [0.25, 0.3) is 5.91 Å². The predicted octanol–water partition coefficient (Wildman–Crippen LogP) is 4.90. The summed E-state index contributed by atoms with van der Waals surface area (Å²) in [6.45, 7) is 1.88. The van der Waals surface area contributed by atoms with E-state index in [2.05, 4.69) is 27.8 Å². The number of hydrogen-bond acceptors (Lipinski definition) is 7. The van der Waals surface area contributed by atoms with Crippen molar-refractivity contribution in [2.75, 3.05) is 17.7 Å². The third-order valence-electron chi connectivity index (χ3n) is 5.62. The van der Waals surface area contributed by atoms with E-state index in [0.717, 1.165) is 11.3 Å². The molecule has 0 spiro atoms. The van der Waals surface area contributed by atoms with E-state index < -0.39 is 6.04 Å². The lowest BCUT2D eigenvalue weighted by Crippen LogP contribution is -2.31. The molecule has 0 aliphatic carbocycles. The maximum atomic E-state index is 13.5. The van der Waals surface area contributed by atoms with Crippen molar-refractivity contribution in [1.82, 2.24) is 19.7 Å². The molecule has 1 aliphatic rings. The minimum atomic E-state index is -0.489. The molecule has 0 bridgehead atoms. The molecule has 1 atom stereocenters. The fourth-order valence-electron chi connectivity index (χ4n) is 3.96. The minimum absolute atomic E-state index is 0.240. The summed E-state index contributed by atoms with van der Waals surface area (Å²) in [4.78, 5) is 22.3. The van der Waals surface area contributed by atoms with Gasteiger partial charge in [-0.2, -0.15) is 4.98 Å². The molecule has 1 aliphatic heterocycles. The molecule has 0 saturated heterocycles. The van der Waals surface area contributed by atoms with Crippen LogP contribution in [-0.2, 0) is 10.5 Å². The van der Waals surface area contributed by atoms with Gasteiger partial charge in [-0.1, -0.05) is 54.2 Å². The number of anilines is 2. The van der Waals surface area contributed by atoms with Crippen LogP contribution in [0.25, 0.3) is 0 Å². The Morgan fingerprint density at radius 2 is 2.00 bits per heavy atom. The summed E-state index contributed by atoms with van der Waals surface area (Å²) in [6.07, 6.45) is 3.28. The molecule has 35 heavy (non-hydrogen) atoms. The van der Waals surface area contributed by atoms with Crippen molar-refractivity contribution in [2.45, 2.75) is 23.9 Å². The van der Waals surface area contributed by atoms with Gasteiger partial charge < -0.3 is 15.4 Å². The van der Waals surface area contributed by atoms with Crippen LogP contribution in [0.4, 0.5) is 11.6 Å². The van der Waals surface area contributed by atoms with E-state index in [9.17, 15) is 4.79 Å². The zero-order valence-corrected chi connectivity index (χ0v) is 20.1. The molecular weight excluding hydrogens is 460 g/mol. The topological polar surface area (TPSA) is 94.0 Å². The van der Waals surface area contributed by atoms with E-state index in [4.69, 9.17) is 14.8 Å². The molecule has 2 aromatic carbocycles. The highest BCUT2D eigenvalue weighted by molar-refractivity contribution is 7.98. The average molecular weight is 485 g/mol. The maximum absolute atomic E-state index is 13.5. The van der Waals surface area contributed by atoms with Crippen LogP contribution in [0.5, 0.6) is 5.75 Å². The van der Waals surface area contributed by atoms with Crippen molar-refractivity contribution < 1.29 is 9.53 Å². The first-order chi connectivity index (χ1) is 17.1. The molecule has 4 aromatic rings. The summed E-state index contributed by atoms with van der Waals surface area (Å²) in [5, 5.41) is 11.7. The smallest absolute Gasteiger partial charge is 0.255 e. The molecule has 3 heterocycles. The Morgan fingerprint density at radius 1 is 1.14 bits per heavy atom. The molecule has 0 saturated carbocycles. The second kappa shape index (κ2) is 10.0. The first-order valence-electron chi connectivity index (χ1n) is 11.1. The van der Waals surface area contributed by atoms with Crippen LogP contribution in [0.2, 0.25) is 0 Å². The van der Waals surface area contributed by atoms with E-state index in [-0.39, 0.29) is 5.91 Å². The summed E-state index contributed by atoms with van der Waals surface area (Å²) in [6, 6.07) is 20.9. The molecule has 176 valence electrons. The van der Waals surface area contributed by atoms with Crippen molar-refractivity contribution in [1.29, 1.82) is 0 Å². The number of ether oxygens (including phenoxy) is 1. The number of carbonyl (C=O) groups is 1. The highest BCUT2D eigenvalue weighted by Gasteiger charge is 2.34. The second-order valence-electron chi connectivity index (χ2n) is 7.98. The van der Waals surface area contributed by atoms with Gasteiger partial charge in [-0.05, 0) is 42.3 Å². The third kappa shape index (κ3) is 4.90. The van der Waals surface area contributed by atoms with Gasteiger partial charge in [-0.25, -0.2) is 4.68 Å². The first kappa shape index (κ1) is 22.7. The van der Waals surface area contributed by atoms with E-state index in [0.29, 0.717) is 33.8 Å². The molecular formula is C26H24N6O2S. The molecule has 5 rings (SSSR count). The number of nitrogens with zero attached hydrogens (tertiary/aromatic N) is 4. The number of allylic oxidation sites excluding steroid dienone is 1. The summed E-state index contributed by atoms with van der Waals surface area (Å²) >= 11 is 1.55. The van der Waals surface area contributed by atoms with Crippen LogP contribution in [0.3, 0.4) is 0 Å². The largest absolute Gasteiger partial charge is 0.497 e. The van der Waals surface area contributed by atoms with E-state index in [1.807, 2.05) is 49.4 Å². The lowest BCUT2D eigenvalue weighted by atomic mass is 9.95. The molecule has 0 fully saturated rings. The summed E-state index contributed by atoms with van der Waals surface area (Å²) in [5.41, 5.74) is 3.92. The number of thioether (sulfide) groups is 1. The lowest BCUT2D eigenvalue weighted by molar-refractivity contribution is -0.113. The van der Waals surface area contributed by atoms with Gasteiger partial charge in [-0.3, -0.25) is 9.78 Å². The monoisotopic (exact) mass is 484 g/mol. The highest BCUT2D eigenvalue weighted by Crippen LogP contribution is 2.38. The van der Waals surface area contributed by atoms with Gasteiger partial charge in [0.2, 0.25) is 11.1 Å². The maximum Gasteiger partial charge on any atom is 0.255 e. The Hall–Kier alpha value is -4.11. The van der Waals surface area contributed by atoms with Crippen LogP contribution in [0.1, 0.15) is 24.1 Å². The van der Waals surface area contributed by atoms with Crippen LogP contribution in [-0.4, -0.2) is 32.8 Å². The molecule has 0 radical (unpaired) electrons. The van der Waals surface area contributed by atoms with Crippen LogP contribution < -0.4 is 15.4 Å². The Labute approximate surface area is 207 Å². The minimum Gasteiger partial charge on any atom is -0.497 e. The number of pyridine rings is 1. The van der Waals surface area contributed by atoms with Crippen LogP contribution in [0, 0.1) is 0 Å². The molecule has 1 amide bonds. The van der Waals surface area contributed by atoms with Gasteiger partial charge in [-0.15, -0.1) is 5.10 Å². The van der Waals surface area contributed by atoms with E-state index in [1.165, 1.54) is 5.56 Å². The van der Waals surface area contributed by atoms with Crippen molar-refractivity contribution >= 4 is 29.3 Å². The van der Waals surface area contributed by atoms with Crippen molar-refractivity contribution in [3.05, 3.63) is 102 Å². The molecule has 8 nitrogen and oxygen atoms in total. The molecule has 9 heteroatoms. The van der Waals surface area contributed by atoms with E-state index in [1.54, 1.807) is 48.1 Å². The number of benzene rings is 2. The standard InChI is InChI=1S/C26H24N6O2S/c1-17-22(24(33)29-20-11-7-13-27-15-20)23(19-10-6-12-21(14-19)34-2)32-25(28-17)30-26(31-32)35-16-18-8-4-3-5-9-18/h3-15,23H,16H2,1-2H3,(H,29,33)(H,28,30,31)/t23-/m0/s1. The summed E-state index contributed by atoms with van der Waals surface area (Å²) in [7, 11) is 1.62. The molecule has 2 aromatic heterocycles. The summed E-state index contributed by atoms with van der Waals surface area (Å²) < 4.78 is 7.23. The average Bonchev–Trinajstić information content (AvgIpc) is 3.30. The van der Waals surface area contributed by atoms with Gasteiger partial charge in [0.1, 0.15) is 11.8 Å². The van der Waals surface area contributed by atoms with E-state index >= 15 is 0 Å². The fraction of sp³-hybridized carbons (Fsp3) is 0.154. The van der Waals surface area contributed by atoms with Gasteiger partial charge in [0.15, 0.2) is 0 Å². The number of fused-ring (bicyclic) bond motifs is 1. The van der Waals surface area contributed by atoms with Crippen LogP contribution >= 0.6 is 11.8 Å². The molecule has 2 N–H and O–H groups in total. The zero-order chi connectivity index (χ0) is 24.2. The number of amides is 1. The number of hydrogen-bond donors (Lipinski definition) is 2. The van der Waals surface area contributed by atoms with Crippen molar-refractivity contribution in [2.24, 2.45) is 0 Å². The number of rotatable bonds is 7. The Kier molecular flexibility index (Phi) is 6.49. The van der Waals surface area contributed by atoms with Gasteiger partial charge >= 0.3 is 0 Å². The Morgan fingerprint density at radius 3 is 2.77 bits per heavy atom.